The van der Waals surface area contributed by atoms with Crippen LogP contribution in [0.4, 0.5) is 14.6 Å². The van der Waals surface area contributed by atoms with E-state index in [1.807, 2.05) is 42.9 Å². The fourth-order valence-corrected chi connectivity index (χ4v) is 9.41. The number of hydrogen-bond donors (Lipinski definition) is 1. The van der Waals surface area contributed by atoms with E-state index >= 15 is 0 Å². The van der Waals surface area contributed by atoms with Crippen molar-refractivity contribution < 1.29 is 27.4 Å². The molecule has 13 heteroatoms. The molecule has 1 unspecified atom stereocenters. The number of nitrogens with one attached hydrogen (secondary N) is 1. The predicted molar refractivity (Wildman–Crippen MR) is 239 cm³/mol. The van der Waals surface area contributed by atoms with Gasteiger partial charge in [0.2, 0.25) is 11.8 Å². The second kappa shape index (κ2) is 22.7. The minimum Gasteiger partial charge on any atom is -0.355 e. The highest BCUT2D eigenvalue weighted by Gasteiger charge is 2.23. The summed E-state index contributed by atoms with van der Waals surface area (Å²) < 4.78 is 39.7. The summed E-state index contributed by atoms with van der Waals surface area (Å²) in [6, 6.07) is 8.26. The molecule has 0 saturated carbocycles. The van der Waals surface area contributed by atoms with Crippen molar-refractivity contribution in [2.24, 2.45) is 0 Å². The average molecular weight is 849 g/mol. The number of ketones is 2. The Morgan fingerprint density at radius 1 is 0.900 bits per heavy atom. The molecule has 1 aliphatic carbocycles. The van der Waals surface area contributed by atoms with Gasteiger partial charge in [0.15, 0.2) is 11.6 Å². The van der Waals surface area contributed by atoms with Gasteiger partial charge in [-0.05, 0) is 101 Å². The first-order chi connectivity index (χ1) is 28.7. The van der Waals surface area contributed by atoms with E-state index in [1.165, 1.54) is 0 Å². The van der Waals surface area contributed by atoms with Gasteiger partial charge in [0.25, 0.3) is 0 Å². The van der Waals surface area contributed by atoms with E-state index < -0.39 is 16.7 Å². The number of unbranched alkanes of at least 4 members (excludes halogenated alkanes) is 6. The van der Waals surface area contributed by atoms with Gasteiger partial charge in [-0.1, -0.05) is 43.8 Å². The lowest BCUT2D eigenvalue weighted by molar-refractivity contribution is -0.121. The summed E-state index contributed by atoms with van der Waals surface area (Å²) in [6.07, 6.45) is 14.5. The van der Waals surface area contributed by atoms with Crippen LogP contribution in [-0.4, -0.2) is 98.0 Å². The fourth-order valence-electron chi connectivity index (χ4n) is 8.22. The number of halogens is 2. The Morgan fingerprint density at radius 3 is 2.27 bits per heavy atom. The van der Waals surface area contributed by atoms with Crippen molar-refractivity contribution in [3.63, 3.8) is 0 Å². The molecule has 0 radical (unpaired) electrons. The van der Waals surface area contributed by atoms with E-state index in [9.17, 15) is 27.4 Å². The number of alkyl halides is 2. The van der Waals surface area contributed by atoms with Crippen molar-refractivity contribution in [2.45, 2.75) is 130 Å². The summed E-state index contributed by atoms with van der Waals surface area (Å²) in [4.78, 5) is 48.5. The van der Waals surface area contributed by atoms with E-state index in [0.717, 1.165) is 129 Å². The molecule has 60 heavy (non-hydrogen) atoms. The summed E-state index contributed by atoms with van der Waals surface area (Å²) in [5, 5.41) is 8.53. The van der Waals surface area contributed by atoms with Gasteiger partial charge < -0.3 is 10.2 Å². The highest BCUT2D eigenvalue weighted by molar-refractivity contribution is 7.84. The number of anilines is 1. The third-order valence-corrected chi connectivity index (χ3v) is 13.1. The van der Waals surface area contributed by atoms with E-state index in [2.05, 4.69) is 46.2 Å². The molecule has 1 atom stereocenters. The van der Waals surface area contributed by atoms with Gasteiger partial charge in [-0.25, -0.2) is 13.8 Å². The smallest absolute Gasteiger partial charge is 0.245 e. The molecule has 5 rings (SSSR count). The number of hydrogen-bond acceptors (Lipinski definition) is 8. The van der Waals surface area contributed by atoms with Crippen LogP contribution in [0.2, 0.25) is 0 Å². The fraction of sp³-hybridized carbons (Fsp3) is 0.596. The molecule has 10 nitrogen and oxygen atoms in total. The third-order valence-electron chi connectivity index (χ3n) is 11.6. The monoisotopic (exact) mass is 848 g/mol. The van der Waals surface area contributed by atoms with Crippen LogP contribution < -0.4 is 10.2 Å². The van der Waals surface area contributed by atoms with Crippen LogP contribution in [0.1, 0.15) is 134 Å². The Bertz CT molecular complexity index is 2010. The lowest BCUT2D eigenvalue weighted by atomic mass is 9.88. The summed E-state index contributed by atoms with van der Waals surface area (Å²) in [6.45, 7) is 13.9. The van der Waals surface area contributed by atoms with Crippen molar-refractivity contribution >= 4 is 45.0 Å². The summed E-state index contributed by atoms with van der Waals surface area (Å²) in [5.41, 5.74) is 6.09. The van der Waals surface area contributed by atoms with Crippen LogP contribution in [0.15, 0.2) is 59.5 Å². The molecule has 3 heterocycles. The van der Waals surface area contributed by atoms with Gasteiger partial charge >= 0.3 is 0 Å². The van der Waals surface area contributed by atoms with Crippen molar-refractivity contribution in [3.05, 3.63) is 65.0 Å². The van der Waals surface area contributed by atoms with Crippen LogP contribution in [0.3, 0.4) is 0 Å². The summed E-state index contributed by atoms with van der Waals surface area (Å²) in [7, 11) is -1.00. The zero-order valence-corrected chi connectivity index (χ0v) is 37.3. The lowest BCUT2D eigenvalue weighted by Crippen LogP contribution is -2.48. The second-order valence-electron chi connectivity index (χ2n) is 17.1. The van der Waals surface area contributed by atoms with E-state index in [0.29, 0.717) is 49.3 Å². The lowest BCUT2D eigenvalue weighted by Gasteiger charge is -2.35. The van der Waals surface area contributed by atoms with Gasteiger partial charge in [-0.15, -0.1) is 0 Å². The minimum absolute atomic E-state index is 0.00466. The standard InChI is InChI=1S/C47H66F2N6O4S/c1-34(2)55-42-31-38(30-40(41(42)33-52-55)43(56)17-16-39-36(4)28-35(3)29-44(39)57)37-15-18-45(51-32-37)54-24-22-53(23-25-54)21-20-50-46(58)14-11-9-7-6-8-10-12-26-60(59)27-13-19-47(5,48)49/h15,18,28,30-34H,6-14,16-17,19-27,29H2,1-5H3,(H,50,58). The normalized spacial score (nSPS) is 15.9. The molecule has 1 fully saturated rings. The van der Waals surface area contributed by atoms with Crippen LogP contribution >= 0.6 is 0 Å². The molecular weight excluding hydrogens is 783 g/mol. The number of benzene rings is 1. The molecule has 1 amide bonds. The number of carbonyl (C=O) groups is 3. The van der Waals surface area contributed by atoms with E-state index in [-0.39, 0.29) is 36.4 Å². The van der Waals surface area contributed by atoms with Crippen LogP contribution in [0, 0.1) is 0 Å². The number of amides is 1. The number of aromatic nitrogens is 3. The molecule has 1 aromatic carbocycles. The first kappa shape index (κ1) is 47.0. The van der Waals surface area contributed by atoms with Gasteiger partial charge in [0.1, 0.15) is 5.82 Å². The van der Waals surface area contributed by atoms with Crippen LogP contribution in [-0.2, 0) is 20.4 Å². The molecule has 2 aromatic heterocycles. The highest BCUT2D eigenvalue weighted by Crippen LogP contribution is 2.32. The number of pyridine rings is 1. The van der Waals surface area contributed by atoms with E-state index in [1.54, 1.807) is 6.20 Å². The van der Waals surface area contributed by atoms with Crippen molar-refractivity contribution in [2.75, 3.05) is 55.7 Å². The van der Waals surface area contributed by atoms with Gasteiger partial charge in [-0.2, -0.15) is 5.10 Å². The van der Waals surface area contributed by atoms with Crippen LogP contribution in [0.5, 0.6) is 0 Å². The molecule has 1 aliphatic heterocycles. The predicted octanol–water partition coefficient (Wildman–Crippen LogP) is 9.42. The Balaban J connectivity index is 1.01. The topological polar surface area (TPSA) is 118 Å². The Labute approximate surface area is 358 Å². The maximum Gasteiger partial charge on any atom is 0.245 e. The maximum atomic E-state index is 13.8. The van der Waals surface area contributed by atoms with E-state index in [4.69, 9.17) is 4.98 Å². The number of rotatable bonds is 24. The minimum atomic E-state index is -2.67. The molecule has 2 aliphatic rings. The molecule has 3 aromatic rings. The largest absolute Gasteiger partial charge is 0.355 e. The molecule has 0 bridgehead atoms. The quantitative estimate of drug-likeness (QED) is 0.0701. The Kier molecular flexibility index (Phi) is 17.7. The zero-order chi connectivity index (χ0) is 43.2. The summed E-state index contributed by atoms with van der Waals surface area (Å²) >= 11 is 0. The number of piperazine rings is 1. The number of Topliss-reactive ketones (excluding diaryl/α,β-unsaturated/α-hetero) is 2. The third kappa shape index (κ3) is 14.2. The van der Waals surface area contributed by atoms with Gasteiger partial charge in [-0.3, -0.25) is 28.2 Å². The Hall–Kier alpha value is -4.10. The average Bonchev–Trinajstić information content (AvgIpc) is 3.64. The van der Waals surface area contributed by atoms with Crippen LogP contribution in [0.25, 0.3) is 22.0 Å². The zero-order valence-electron chi connectivity index (χ0n) is 36.5. The molecule has 328 valence electrons. The van der Waals surface area contributed by atoms with Crippen molar-refractivity contribution in [3.8, 4) is 11.1 Å². The number of nitrogens with zero attached hydrogens (tertiary/aromatic N) is 5. The first-order valence-corrected chi connectivity index (χ1v) is 23.5. The Morgan fingerprint density at radius 2 is 1.60 bits per heavy atom. The molecule has 0 spiro atoms. The van der Waals surface area contributed by atoms with Crippen molar-refractivity contribution in [1.29, 1.82) is 0 Å². The maximum absolute atomic E-state index is 13.8. The molecular formula is C47H66F2N6O4S. The van der Waals surface area contributed by atoms with Gasteiger partial charge in [0, 0.05) is 116 Å². The SMILES string of the molecule is CC1=CC(C)=C(CCC(=O)c2cc(-c3ccc(N4CCN(CCNC(=O)CCCCCCCCCS(=O)CCCC(C)(F)F)CC4)nc3)cc3c2cnn3C(C)C)C(=O)C1. The molecule has 1 saturated heterocycles. The second-order valence-corrected chi connectivity index (χ2v) is 18.8. The summed E-state index contributed by atoms with van der Waals surface area (Å²) in [5.74, 6) is -0.603. The number of fused-ring (bicyclic) bond motifs is 1. The van der Waals surface area contributed by atoms with Crippen molar-refractivity contribution in [1.82, 2.24) is 25.0 Å². The number of allylic oxidation sites excluding steroid dienone is 4. The van der Waals surface area contributed by atoms with Gasteiger partial charge in [0.05, 0.1) is 11.7 Å². The highest BCUT2D eigenvalue weighted by atomic mass is 32.2. The number of carbonyl (C=O) groups excluding carboxylic acids is 3. The molecule has 1 N–H and O–H groups in total. The first-order valence-electron chi connectivity index (χ1n) is 22.1.